The lowest BCUT2D eigenvalue weighted by molar-refractivity contribution is 0.0964. The summed E-state index contributed by atoms with van der Waals surface area (Å²) < 4.78 is 6.80. The SMILES string of the molecule is Cc1ccoc1C(=O)Cc1ccn(C)n1. The molecule has 78 valence electrons. The second kappa shape index (κ2) is 3.73. The van der Waals surface area contributed by atoms with Crippen LogP contribution in [0.15, 0.2) is 29.0 Å². The van der Waals surface area contributed by atoms with Gasteiger partial charge < -0.3 is 4.42 Å². The zero-order valence-corrected chi connectivity index (χ0v) is 8.73. The highest BCUT2D eigenvalue weighted by Crippen LogP contribution is 2.11. The molecule has 0 aliphatic rings. The lowest BCUT2D eigenvalue weighted by atomic mass is 10.1. The molecule has 4 nitrogen and oxygen atoms in total. The standard InChI is InChI=1S/C11H12N2O2/c1-8-4-6-15-11(8)10(14)7-9-3-5-13(2)12-9/h3-6H,7H2,1-2H3. The van der Waals surface area contributed by atoms with Crippen molar-refractivity contribution in [1.82, 2.24) is 9.78 Å². The van der Waals surface area contributed by atoms with E-state index in [-0.39, 0.29) is 12.2 Å². The number of aromatic nitrogens is 2. The van der Waals surface area contributed by atoms with Crippen LogP contribution in [-0.2, 0) is 13.5 Å². The van der Waals surface area contributed by atoms with Crippen molar-refractivity contribution in [3.05, 3.63) is 41.6 Å². The molecule has 0 fully saturated rings. The molecule has 0 radical (unpaired) electrons. The van der Waals surface area contributed by atoms with Crippen LogP contribution >= 0.6 is 0 Å². The Bertz CT molecular complexity index is 482. The fourth-order valence-corrected chi connectivity index (χ4v) is 1.46. The number of furan rings is 1. The third kappa shape index (κ3) is 1.98. The predicted molar refractivity (Wildman–Crippen MR) is 54.7 cm³/mol. The Balaban J connectivity index is 2.14. The molecule has 0 aromatic carbocycles. The minimum atomic E-state index is -0.0313. The van der Waals surface area contributed by atoms with Crippen molar-refractivity contribution in [1.29, 1.82) is 0 Å². The second-order valence-electron chi connectivity index (χ2n) is 3.51. The zero-order chi connectivity index (χ0) is 10.8. The molecule has 2 aromatic heterocycles. The van der Waals surface area contributed by atoms with Gasteiger partial charge in [-0.3, -0.25) is 9.48 Å². The summed E-state index contributed by atoms with van der Waals surface area (Å²) >= 11 is 0. The molecule has 0 atom stereocenters. The Morgan fingerprint density at radius 2 is 2.33 bits per heavy atom. The van der Waals surface area contributed by atoms with E-state index in [0.717, 1.165) is 11.3 Å². The van der Waals surface area contributed by atoms with E-state index in [1.807, 2.05) is 26.2 Å². The molecule has 0 bridgehead atoms. The molecule has 15 heavy (non-hydrogen) atoms. The topological polar surface area (TPSA) is 48.0 Å². The van der Waals surface area contributed by atoms with E-state index in [9.17, 15) is 4.79 Å². The van der Waals surface area contributed by atoms with E-state index in [0.29, 0.717) is 5.76 Å². The molecule has 4 heteroatoms. The molecule has 0 saturated heterocycles. The van der Waals surface area contributed by atoms with Crippen LogP contribution in [0.2, 0.25) is 0 Å². The summed E-state index contributed by atoms with van der Waals surface area (Å²) in [6, 6.07) is 3.61. The van der Waals surface area contributed by atoms with Gasteiger partial charge in [0, 0.05) is 13.2 Å². The van der Waals surface area contributed by atoms with Crippen molar-refractivity contribution in [2.24, 2.45) is 7.05 Å². The van der Waals surface area contributed by atoms with E-state index in [1.54, 1.807) is 10.7 Å². The smallest absolute Gasteiger partial charge is 0.204 e. The lowest BCUT2D eigenvalue weighted by Gasteiger charge is -1.95. The normalized spacial score (nSPS) is 10.5. The summed E-state index contributed by atoms with van der Waals surface area (Å²) in [6.45, 7) is 1.86. The summed E-state index contributed by atoms with van der Waals surface area (Å²) in [6.07, 6.45) is 3.63. The molecule has 2 rings (SSSR count). The van der Waals surface area contributed by atoms with E-state index in [4.69, 9.17) is 4.42 Å². The summed E-state index contributed by atoms with van der Waals surface area (Å²) in [7, 11) is 1.83. The maximum Gasteiger partial charge on any atom is 0.204 e. The first-order valence-electron chi connectivity index (χ1n) is 4.72. The van der Waals surface area contributed by atoms with Gasteiger partial charge in [-0.25, -0.2) is 0 Å². The van der Waals surface area contributed by atoms with Crippen LogP contribution in [0.1, 0.15) is 21.8 Å². The Morgan fingerprint density at radius 3 is 2.87 bits per heavy atom. The number of nitrogens with zero attached hydrogens (tertiary/aromatic N) is 2. The Kier molecular flexibility index (Phi) is 2.41. The van der Waals surface area contributed by atoms with Crippen LogP contribution in [0.3, 0.4) is 0 Å². The average Bonchev–Trinajstić information content (AvgIpc) is 2.75. The number of carbonyl (C=O) groups excluding carboxylic acids is 1. The fourth-order valence-electron chi connectivity index (χ4n) is 1.46. The third-order valence-electron chi connectivity index (χ3n) is 2.23. The van der Waals surface area contributed by atoms with Crippen molar-refractivity contribution in [2.45, 2.75) is 13.3 Å². The largest absolute Gasteiger partial charge is 0.461 e. The first-order valence-corrected chi connectivity index (χ1v) is 4.72. The Hall–Kier alpha value is -1.84. The van der Waals surface area contributed by atoms with Crippen LogP contribution in [0, 0.1) is 6.92 Å². The molecule has 0 amide bonds. The molecule has 0 spiro atoms. The van der Waals surface area contributed by atoms with Crippen molar-refractivity contribution in [2.75, 3.05) is 0 Å². The highest BCUT2D eigenvalue weighted by molar-refractivity contribution is 5.95. The third-order valence-corrected chi connectivity index (χ3v) is 2.23. The highest BCUT2D eigenvalue weighted by atomic mass is 16.3. The van der Waals surface area contributed by atoms with Gasteiger partial charge in [-0.05, 0) is 24.6 Å². The van der Waals surface area contributed by atoms with Gasteiger partial charge in [-0.1, -0.05) is 0 Å². The van der Waals surface area contributed by atoms with Crippen molar-refractivity contribution in [3.63, 3.8) is 0 Å². The Morgan fingerprint density at radius 1 is 1.53 bits per heavy atom. The predicted octanol–water partition coefficient (Wildman–Crippen LogP) is 1.75. The van der Waals surface area contributed by atoms with Gasteiger partial charge in [-0.15, -0.1) is 0 Å². The van der Waals surface area contributed by atoms with Crippen LogP contribution in [0.25, 0.3) is 0 Å². The van der Waals surface area contributed by atoms with Crippen LogP contribution in [-0.4, -0.2) is 15.6 Å². The minimum absolute atomic E-state index is 0.0313. The molecular weight excluding hydrogens is 192 g/mol. The van der Waals surface area contributed by atoms with Gasteiger partial charge in [0.15, 0.2) is 5.76 Å². The highest BCUT2D eigenvalue weighted by Gasteiger charge is 2.14. The molecule has 2 heterocycles. The van der Waals surface area contributed by atoms with Crippen LogP contribution < -0.4 is 0 Å². The molecule has 0 aliphatic heterocycles. The van der Waals surface area contributed by atoms with Crippen molar-refractivity contribution >= 4 is 5.78 Å². The van der Waals surface area contributed by atoms with E-state index in [2.05, 4.69) is 5.10 Å². The summed E-state index contributed by atoms with van der Waals surface area (Å²) in [5.41, 5.74) is 1.63. The maximum absolute atomic E-state index is 11.8. The molecule has 2 aromatic rings. The number of ketones is 1. The number of carbonyl (C=O) groups is 1. The average molecular weight is 204 g/mol. The molecule has 0 unspecified atom stereocenters. The van der Waals surface area contributed by atoms with E-state index in [1.165, 1.54) is 6.26 Å². The molecule has 0 saturated carbocycles. The fraction of sp³-hybridized carbons (Fsp3) is 0.273. The quantitative estimate of drug-likeness (QED) is 0.715. The van der Waals surface area contributed by atoms with Gasteiger partial charge in [0.1, 0.15) is 0 Å². The number of hydrogen-bond donors (Lipinski definition) is 0. The van der Waals surface area contributed by atoms with Crippen molar-refractivity contribution in [3.8, 4) is 0 Å². The Labute approximate surface area is 87.5 Å². The number of aryl methyl sites for hydroxylation is 2. The summed E-state index contributed by atoms with van der Waals surface area (Å²) in [5, 5.41) is 4.14. The number of hydrogen-bond acceptors (Lipinski definition) is 3. The zero-order valence-electron chi connectivity index (χ0n) is 8.73. The van der Waals surface area contributed by atoms with Crippen LogP contribution in [0.4, 0.5) is 0 Å². The second-order valence-corrected chi connectivity index (χ2v) is 3.51. The number of Topliss-reactive ketones (excluding diaryl/α,β-unsaturated/α-hetero) is 1. The first kappa shape index (κ1) is 9.71. The minimum Gasteiger partial charge on any atom is -0.461 e. The maximum atomic E-state index is 11.8. The molecule has 0 N–H and O–H groups in total. The molecule has 0 aliphatic carbocycles. The van der Waals surface area contributed by atoms with Gasteiger partial charge in [-0.2, -0.15) is 5.10 Å². The van der Waals surface area contributed by atoms with Gasteiger partial charge >= 0.3 is 0 Å². The van der Waals surface area contributed by atoms with Gasteiger partial charge in [0.2, 0.25) is 5.78 Å². The summed E-state index contributed by atoms with van der Waals surface area (Å²) in [4.78, 5) is 11.8. The molecular formula is C11H12N2O2. The van der Waals surface area contributed by atoms with Gasteiger partial charge in [0.05, 0.1) is 18.4 Å². The van der Waals surface area contributed by atoms with Crippen molar-refractivity contribution < 1.29 is 9.21 Å². The monoisotopic (exact) mass is 204 g/mol. The first-order chi connectivity index (χ1) is 7.16. The number of rotatable bonds is 3. The summed E-state index contributed by atoms with van der Waals surface area (Å²) in [5.74, 6) is 0.400. The van der Waals surface area contributed by atoms with Gasteiger partial charge in [0.25, 0.3) is 0 Å². The van der Waals surface area contributed by atoms with E-state index < -0.39 is 0 Å². The van der Waals surface area contributed by atoms with Crippen LogP contribution in [0.5, 0.6) is 0 Å². The lowest BCUT2D eigenvalue weighted by Crippen LogP contribution is -2.04. The van der Waals surface area contributed by atoms with E-state index >= 15 is 0 Å².